The molecular formula is C45H30O. The number of furan rings is 1. The first-order valence-electron chi connectivity index (χ1n) is 15.9. The summed E-state index contributed by atoms with van der Waals surface area (Å²) in [4.78, 5) is 0. The predicted octanol–water partition coefficient (Wildman–Crippen LogP) is 12.9. The van der Waals surface area contributed by atoms with Gasteiger partial charge in [-0.05, 0) is 85.1 Å². The number of hydrogen-bond acceptors (Lipinski definition) is 1. The molecule has 1 nitrogen and oxygen atoms in total. The van der Waals surface area contributed by atoms with Crippen molar-refractivity contribution in [2.75, 3.05) is 0 Å². The maximum atomic E-state index is 6.53. The van der Waals surface area contributed by atoms with E-state index in [1.807, 2.05) is 0 Å². The second kappa shape index (κ2) is 10.6. The van der Waals surface area contributed by atoms with Crippen LogP contribution in [0.3, 0.4) is 0 Å². The fourth-order valence-corrected chi connectivity index (χ4v) is 7.24. The highest BCUT2D eigenvalue weighted by molar-refractivity contribution is 6.22. The summed E-state index contributed by atoms with van der Waals surface area (Å²) in [7, 11) is 0. The monoisotopic (exact) mass is 586 g/mol. The van der Waals surface area contributed by atoms with Crippen LogP contribution in [0.25, 0.3) is 88.0 Å². The number of fused-ring (bicyclic) bond motifs is 5. The summed E-state index contributed by atoms with van der Waals surface area (Å²) in [5.74, 6) is 0. The number of benzene rings is 8. The van der Waals surface area contributed by atoms with Crippen LogP contribution < -0.4 is 0 Å². The molecule has 0 aliphatic rings. The first-order chi connectivity index (χ1) is 22.7. The van der Waals surface area contributed by atoms with E-state index in [2.05, 4.69) is 171 Å². The van der Waals surface area contributed by atoms with Gasteiger partial charge in [0.05, 0.1) is 0 Å². The number of aryl methyl sites for hydroxylation is 1. The molecule has 0 saturated carbocycles. The summed E-state index contributed by atoms with van der Waals surface area (Å²) < 4.78 is 6.53. The lowest BCUT2D eigenvalue weighted by Crippen LogP contribution is -1.91. The molecule has 9 rings (SSSR count). The van der Waals surface area contributed by atoms with Gasteiger partial charge in [0, 0.05) is 16.3 Å². The molecule has 9 aromatic rings. The molecule has 0 atom stereocenters. The molecule has 0 spiro atoms. The zero-order valence-corrected chi connectivity index (χ0v) is 25.5. The van der Waals surface area contributed by atoms with Gasteiger partial charge in [-0.3, -0.25) is 0 Å². The van der Waals surface area contributed by atoms with Gasteiger partial charge < -0.3 is 4.42 Å². The highest BCUT2D eigenvalue weighted by Gasteiger charge is 2.18. The second-order valence-electron chi connectivity index (χ2n) is 12.1. The summed E-state index contributed by atoms with van der Waals surface area (Å²) >= 11 is 0. The SMILES string of the molecule is Cc1cccc2c1oc1c(-c3cccc(-c4ccc5c(-c6ccccc6)c6ccccc6c(-c6ccccc6)c5c4)c3)cccc12. The van der Waals surface area contributed by atoms with Crippen LogP contribution in [-0.4, -0.2) is 0 Å². The van der Waals surface area contributed by atoms with Crippen molar-refractivity contribution in [3.8, 4) is 44.5 Å². The normalized spacial score (nSPS) is 11.6. The van der Waals surface area contributed by atoms with Crippen LogP contribution in [0.1, 0.15) is 5.56 Å². The highest BCUT2D eigenvalue weighted by atomic mass is 16.3. The molecule has 0 saturated heterocycles. The van der Waals surface area contributed by atoms with Crippen LogP contribution in [-0.2, 0) is 0 Å². The largest absolute Gasteiger partial charge is 0.455 e. The fraction of sp³-hybridized carbons (Fsp3) is 0.0222. The Morgan fingerprint density at radius 1 is 0.326 bits per heavy atom. The second-order valence-corrected chi connectivity index (χ2v) is 12.1. The Hall–Kier alpha value is -5.92. The summed E-state index contributed by atoms with van der Waals surface area (Å²) in [5.41, 5.74) is 12.7. The van der Waals surface area contributed by atoms with Crippen LogP contribution in [0.5, 0.6) is 0 Å². The van der Waals surface area contributed by atoms with Crippen molar-refractivity contribution in [3.05, 3.63) is 169 Å². The van der Waals surface area contributed by atoms with Crippen molar-refractivity contribution in [1.29, 1.82) is 0 Å². The third-order valence-corrected chi connectivity index (χ3v) is 9.38. The zero-order valence-electron chi connectivity index (χ0n) is 25.5. The molecule has 216 valence electrons. The summed E-state index contributed by atoms with van der Waals surface area (Å²) in [6, 6.07) is 59.2. The van der Waals surface area contributed by atoms with Crippen LogP contribution in [0.2, 0.25) is 0 Å². The Balaban J connectivity index is 1.29. The minimum atomic E-state index is 0.938. The average Bonchev–Trinajstić information content (AvgIpc) is 3.51. The van der Waals surface area contributed by atoms with Crippen molar-refractivity contribution in [1.82, 2.24) is 0 Å². The third kappa shape index (κ3) is 4.17. The maximum Gasteiger partial charge on any atom is 0.143 e. The Labute approximate surface area is 268 Å². The van der Waals surface area contributed by atoms with Gasteiger partial charge in [0.2, 0.25) is 0 Å². The Kier molecular flexibility index (Phi) is 6.11. The molecule has 0 amide bonds. The summed E-state index contributed by atoms with van der Waals surface area (Å²) in [6.45, 7) is 2.11. The molecular weight excluding hydrogens is 556 g/mol. The maximum absolute atomic E-state index is 6.53. The van der Waals surface area contributed by atoms with Gasteiger partial charge in [-0.25, -0.2) is 0 Å². The van der Waals surface area contributed by atoms with Crippen molar-refractivity contribution >= 4 is 43.5 Å². The number of rotatable bonds is 4. The Bertz CT molecular complexity index is 2570. The lowest BCUT2D eigenvalue weighted by atomic mass is 9.85. The first-order valence-corrected chi connectivity index (χ1v) is 15.9. The van der Waals surface area contributed by atoms with E-state index in [1.54, 1.807) is 0 Å². The quantitative estimate of drug-likeness (QED) is 0.187. The highest BCUT2D eigenvalue weighted by Crippen LogP contribution is 2.45. The molecule has 0 radical (unpaired) electrons. The van der Waals surface area contributed by atoms with E-state index >= 15 is 0 Å². The molecule has 46 heavy (non-hydrogen) atoms. The van der Waals surface area contributed by atoms with Gasteiger partial charge in [-0.15, -0.1) is 0 Å². The van der Waals surface area contributed by atoms with E-state index in [0.29, 0.717) is 0 Å². The molecule has 0 aliphatic heterocycles. The lowest BCUT2D eigenvalue weighted by Gasteiger charge is -2.19. The summed E-state index contributed by atoms with van der Waals surface area (Å²) in [5, 5.41) is 7.35. The van der Waals surface area contributed by atoms with Gasteiger partial charge in [0.15, 0.2) is 0 Å². The van der Waals surface area contributed by atoms with Crippen LogP contribution in [0.15, 0.2) is 168 Å². The molecule has 1 heteroatoms. The molecule has 0 unspecified atom stereocenters. The van der Waals surface area contributed by atoms with Crippen molar-refractivity contribution in [2.45, 2.75) is 6.92 Å². The standard InChI is InChI=1S/C45H30O/c1-29-13-10-23-39-40-24-12-22-35(45(40)46-44(29)39)34-19-11-18-32(27-34)33-25-26-38-41(28-33)43(31-16-6-3-7-17-31)37-21-9-8-20-36(37)42(38)30-14-4-2-5-15-30/h2-28H,1H3. The minimum absolute atomic E-state index is 0.938. The van der Waals surface area contributed by atoms with Crippen LogP contribution in [0, 0.1) is 6.92 Å². The van der Waals surface area contributed by atoms with Crippen molar-refractivity contribution in [3.63, 3.8) is 0 Å². The topological polar surface area (TPSA) is 13.1 Å². The molecule has 1 aromatic heterocycles. The van der Waals surface area contributed by atoms with E-state index in [4.69, 9.17) is 4.42 Å². The van der Waals surface area contributed by atoms with E-state index < -0.39 is 0 Å². The lowest BCUT2D eigenvalue weighted by molar-refractivity contribution is 0.667. The molecule has 8 aromatic carbocycles. The average molecular weight is 587 g/mol. The molecule has 0 fully saturated rings. The van der Waals surface area contributed by atoms with Crippen LogP contribution >= 0.6 is 0 Å². The number of hydrogen-bond donors (Lipinski definition) is 0. The fourth-order valence-electron chi connectivity index (χ4n) is 7.24. The number of para-hydroxylation sites is 2. The minimum Gasteiger partial charge on any atom is -0.455 e. The molecule has 0 aliphatic carbocycles. The van der Waals surface area contributed by atoms with E-state index in [9.17, 15) is 0 Å². The van der Waals surface area contributed by atoms with Crippen molar-refractivity contribution in [2.24, 2.45) is 0 Å². The van der Waals surface area contributed by atoms with Gasteiger partial charge in [-0.1, -0.05) is 152 Å². The smallest absolute Gasteiger partial charge is 0.143 e. The van der Waals surface area contributed by atoms with E-state index in [0.717, 1.165) is 38.6 Å². The van der Waals surface area contributed by atoms with Gasteiger partial charge >= 0.3 is 0 Å². The van der Waals surface area contributed by atoms with Crippen molar-refractivity contribution < 1.29 is 4.42 Å². The summed E-state index contributed by atoms with van der Waals surface area (Å²) in [6.07, 6.45) is 0. The van der Waals surface area contributed by atoms with E-state index in [1.165, 1.54) is 54.9 Å². The molecule has 0 N–H and O–H groups in total. The third-order valence-electron chi connectivity index (χ3n) is 9.38. The predicted molar refractivity (Wildman–Crippen MR) is 195 cm³/mol. The van der Waals surface area contributed by atoms with E-state index in [-0.39, 0.29) is 0 Å². The first kappa shape index (κ1) is 26.5. The van der Waals surface area contributed by atoms with Gasteiger partial charge in [0.1, 0.15) is 11.2 Å². The zero-order chi connectivity index (χ0) is 30.6. The molecule has 0 bridgehead atoms. The molecule has 1 heterocycles. The van der Waals surface area contributed by atoms with Gasteiger partial charge in [-0.2, -0.15) is 0 Å². The Morgan fingerprint density at radius 2 is 0.826 bits per heavy atom. The Morgan fingerprint density at radius 3 is 1.54 bits per heavy atom. The van der Waals surface area contributed by atoms with Gasteiger partial charge in [0.25, 0.3) is 0 Å². The van der Waals surface area contributed by atoms with Crippen LogP contribution in [0.4, 0.5) is 0 Å².